The minimum Gasteiger partial charge on any atom is -0.0830 e. The molecule has 1 aliphatic rings. The van der Waals surface area contributed by atoms with Crippen molar-refractivity contribution >= 4 is 83.2 Å². The Balaban J connectivity index is 1.06. The van der Waals surface area contributed by atoms with Gasteiger partial charge >= 0.3 is 0 Å². The van der Waals surface area contributed by atoms with Crippen molar-refractivity contribution in [3.63, 3.8) is 0 Å². The molecule has 0 saturated heterocycles. The van der Waals surface area contributed by atoms with E-state index in [0.29, 0.717) is 5.92 Å². The zero-order chi connectivity index (χ0) is 33.5. The molecule has 0 N–H and O–H groups in total. The van der Waals surface area contributed by atoms with Gasteiger partial charge in [-0.1, -0.05) is 176 Å². The number of benzene rings is 10. The Morgan fingerprint density at radius 3 is 1.69 bits per heavy atom. The molecule has 238 valence electrons. The minimum absolute atomic E-state index is 0.309. The van der Waals surface area contributed by atoms with Gasteiger partial charge in [-0.25, -0.2) is 0 Å². The van der Waals surface area contributed by atoms with Crippen LogP contribution in [0.1, 0.15) is 17.9 Å². The van der Waals surface area contributed by atoms with Gasteiger partial charge in [0.15, 0.2) is 0 Å². The van der Waals surface area contributed by atoms with Crippen LogP contribution in [-0.4, -0.2) is 0 Å². The number of allylic oxidation sites excluding steroid dienone is 4. The molecular weight excluding hydrogens is 632 g/mol. The van der Waals surface area contributed by atoms with Gasteiger partial charge in [0.1, 0.15) is 0 Å². The highest BCUT2D eigenvalue weighted by molar-refractivity contribution is 7.77. The summed E-state index contributed by atoms with van der Waals surface area (Å²) in [5, 5.41) is 20.3. The van der Waals surface area contributed by atoms with Gasteiger partial charge in [-0.2, -0.15) is 0 Å². The summed E-state index contributed by atoms with van der Waals surface area (Å²) in [5.41, 5.74) is 4.00. The van der Waals surface area contributed by atoms with Gasteiger partial charge in [0.05, 0.1) is 0 Å². The topological polar surface area (TPSA) is 0 Å². The first kappa shape index (κ1) is 29.0. The Morgan fingerprint density at radius 1 is 0.431 bits per heavy atom. The van der Waals surface area contributed by atoms with Crippen molar-refractivity contribution in [1.29, 1.82) is 0 Å². The molecule has 0 nitrogen and oxygen atoms in total. The smallest absolute Gasteiger partial charge is 0.00683 e. The van der Waals surface area contributed by atoms with Gasteiger partial charge in [-0.05, 0) is 118 Å². The average Bonchev–Trinajstić information content (AvgIpc) is 3.20. The van der Waals surface area contributed by atoms with Gasteiger partial charge in [-0.15, -0.1) is 0 Å². The SMILES string of the molecule is C1=CC(P(c2ccccc2)c2cccc(-c3ccc4ccc5cccc6ccc3c4c56)c2)=CC(c2ccc3ccc4cccc5ccc2c3c45)C1. The first-order chi connectivity index (χ1) is 25.3. The van der Waals surface area contributed by atoms with E-state index in [0.717, 1.165) is 6.42 Å². The molecule has 0 spiro atoms. The van der Waals surface area contributed by atoms with Crippen molar-refractivity contribution < 1.29 is 0 Å². The Kier molecular flexibility index (Phi) is 6.45. The molecule has 51 heavy (non-hydrogen) atoms. The zero-order valence-electron chi connectivity index (χ0n) is 28.1. The van der Waals surface area contributed by atoms with Gasteiger partial charge in [0.25, 0.3) is 0 Å². The molecule has 0 radical (unpaired) electrons. The monoisotopic (exact) mass is 664 g/mol. The van der Waals surface area contributed by atoms with E-state index in [4.69, 9.17) is 0 Å². The van der Waals surface area contributed by atoms with Crippen LogP contribution in [0.25, 0.3) is 75.8 Å². The lowest BCUT2D eigenvalue weighted by Gasteiger charge is -2.26. The van der Waals surface area contributed by atoms with Crippen LogP contribution in [0.15, 0.2) is 187 Å². The molecule has 0 bridgehead atoms. The van der Waals surface area contributed by atoms with E-state index in [1.165, 1.54) is 97.2 Å². The predicted molar refractivity (Wildman–Crippen MR) is 223 cm³/mol. The summed E-state index contributed by atoms with van der Waals surface area (Å²) in [5.74, 6) is 0.309. The van der Waals surface area contributed by atoms with E-state index in [-0.39, 0.29) is 0 Å². The summed E-state index contributed by atoms with van der Waals surface area (Å²) < 4.78 is 0. The van der Waals surface area contributed by atoms with Gasteiger partial charge in [-0.3, -0.25) is 0 Å². The third kappa shape index (κ3) is 4.50. The second kappa shape index (κ2) is 11.4. The largest absolute Gasteiger partial charge is 0.0830 e. The molecule has 10 aromatic carbocycles. The van der Waals surface area contributed by atoms with E-state index >= 15 is 0 Å². The second-order valence-corrected chi connectivity index (χ2v) is 16.3. The lowest BCUT2D eigenvalue weighted by atomic mass is 9.85. The average molecular weight is 665 g/mol. The van der Waals surface area contributed by atoms with Gasteiger partial charge in [0, 0.05) is 5.92 Å². The summed E-state index contributed by atoms with van der Waals surface area (Å²) in [6.07, 6.45) is 8.43. The van der Waals surface area contributed by atoms with E-state index in [1.807, 2.05) is 0 Å². The molecule has 0 heterocycles. The summed E-state index contributed by atoms with van der Waals surface area (Å²) in [7, 11) is -0.784. The maximum Gasteiger partial charge on any atom is 0.00683 e. The fourth-order valence-corrected chi connectivity index (χ4v) is 11.4. The minimum atomic E-state index is -0.784. The number of hydrogen-bond acceptors (Lipinski definition) is 0. The highest BCUT2D eigenvalue weighted by Gasteiger charge is 2.24. The Morgan fingerprint density at radius 2 is 0.980 bits per heavy atom. The molecule has 0 fully saturated rings. The molecule has 0 amide bonds. The van der Waals surface area contributed by atoms with E-state index < -0.39 is 7.92 Å². The van der Waals surface area contributed by atoms with E-state index in [9.17, 15) is 0 Å². The van der Waals surface area contributed by atoms with Crippen molar-refractivity contribution in [3.8, 4) is 11.1 Å². The van der Waals surface area contributed by atoms with Crippen LogP contribution in [0.5, 0.6) is 0 Å². The first-order valence-corrected chi connectivity index (χ1v) is 19.3. The van der Waals surface area contributed by atoms with Crippen LogP contribution in [0.3, 0.4) is 0 Å². The lowest BCUT2D eigenvalue weighted by Crippen LogP contribution is -2.14. The summed E-state index contributed by atoms with van der Waals surface area (Å²) in [6.45, 7) is 0. The van der Waals surface area contributed by atoms with Crippen LogP contribution in [0.4, 0.5) is 0 Å². The Hall–Kier alpha value is -5.81. The third-order valence-corrected chi connectivity index (χ3v) is 13.7. The highest BCUT2D eigenvalue weighted by atomic mass is 31.1. The van der Waals surface area contributed by atoms with Gasteiger partial charge < -0.3 is 0 Å². The maximum absolute atomic E-state index is 2.59. The van der Waals surface area contributed by atoms with E-state index in [2.05, 4.69) is 182 Å². The number of rotatable bonds is 5. The van der Waals surface area contributed by atoms with Crippen molar-refractivity contribution in [2.24, 2.45) is 0 Å². The Bertz CT molecular complexity index is 2970. The Labute approximate surface area is 298 Å². The summed E-state index contributed by atoms with van der Waals surface area (Å²) in [4.78, 5) is 0. The van der Waals surface area contributed by atoms with Crippen molar-refractivity contribution in [2.75, 3.05) is 0 Å². The fourth-order valence-electron chi connectivity index (χ4n) is 8.94. The van der Waals surface area contributed by atoms with Crippen LogP contribution in [-0.2, 0) is 0 Å². The van der Waals surface area contributed by atoms with Crippen LogP contribution < -0.4 is 10.6 Å². The molecule has 11 rings (SSSR count). The van der Waals surface area contributed by atoms with Gasteiger partial charge in [0.2, 0.25) is 0 Å². The number of hydrogen-bond donors (Lipinski definition) is 0. The highest BCUT2D eigenvalue weighted by Crippen LogP contribution is 2.49. The third-order valence-electron chi connectivity index (χ3n) is 11.2. The lowest BCUT2D eigenvalue weighted by molar-refractivity contribution is 0.860. The quantitative estimate of drug-likeness (QED) is 0.127. The van der Waals surface area contributed by atoms with E-state index in [1.54, 1.807) is 0 Å². The predicted octanol–water partition coefficient (Wildman–Crippen LogP) is 13.2. The molecule has 0 aliphatic heterocycles. The van der Waals surface area contributed by atoms with Crippen molar-refractivity contribution in [1.82, 2.24) is 0 Å². The maximum atomic E-state index is 2.59. The zero-order valence-corrected chi connectivity index (χ0v) is 28.9. The standard InChI is InChI=1S/C50H33P/c1-2-14-40(15-3-1)51(41-16-6-12-38(30-41)43-26-22-36-20-18-32-8-4-10-34-24-28-45(43)49(36)47(32)34)42-17-7-13-39(31-42)44-27-23-37-21-19-33-9-5-11-35-25-29-46(44)50(37)48(33)35/h1-12,14-31,39H,13H2. The van der Waals surface area contributed by atoms with Crippen LogP contribution >= 0.6 is 7.92 Å². The second-order valence-electron chi connectivity index (χ2n) is 14.0. The molecular formula is C50H33P. The normalized spacial score (nSPS) is 15.5. The molecule has 0 saturated carbocycles. The van der Waals surface area contributed by atoms with Crippen molar-refractivity contribution in [2.45, 2.75) is 12.3 Å². The summed E-state index contributed by atoms with van der Waals surface area (Å²) in [6, 6.07) is 61.7. The fraction of sp³-hybridized carbons (Fsp3) is 0.0400. The molecule has 10 aromatic rings. The summed E-state index contributed by atoms with van der Waals surface area (Å²) >= 11 is 0. The molecule has 2 unspecified atom stereocenters. The molecule has 1 heteroatoms. The van der Waals surface area contributed by atoms with Crippen LogP contribution in [0.2, 0.25) is 0 Å². The molecule has 0 aromatic heterocycles. The van der Waals surface area contributed by atoms with Crippen LogP contribution in [0, 0.1) is 0 Å². The molecule has 2 atom stereocenters. The van der Waals surface area contributed by atoms with Crippen molar-refractivity contribution in [3.05, 3.63) is 193 Å². The molecule has 1 aliphatic carbocycles. The first-order valence-electron chi connectivity index (χ1n) is 18.0.